The first-order valence-electron chi connectivity index (χ1n) is 8.53. The Balaban J connectivity index is 1.61. The lowest BCUT2D eigenvalue weighted by Crippen LogP contribution is -2.40. The van der Waals surface area contributed by atoms with Crippen LogP contribution in [0, 0.1) is 11.7 Å². The molecule has 1 saturated heterocycles. The molecule has 2 heterocycles. The summed E-state index contributed by atoms with van der Waals surface area (Å²) in [5.41, 5.74) is 0.949. The maximum absolute atomic E-state index is 13.0. The standard InChI is InChI=1S/C19H23FN2OS/c1-2-21-13-14-9-11-22(12-10-14)19(23)18-8-7-17(24-18)15-3-5-16(20)6-4-15/h3-8,14,21H,2,9-13H2,1H3. The summed E-state index contributed by atoms with van der Waals surface area (Å²) in [5, 5.41) is 3.39. The molecule has 1 N–H and O–H groups in total. The minimum absolute atomic E-state index is 0.121. The number of benzene rings is 1. The van der Waals surface area contributed by atoms with E-state index < -0.39 is 0 Å². The van der Waals surface area contributed by atoms with Crippen molar-refractivity contribution >= 4 is 17.2 Å². The van der Waals surface area contributed by atoms with E-state index in [9.17, 15) is 9.18 Å². The average molecular weight is 346 g/mol. The molecule has 2 aromatic rings. The minimum Gasteiger partial charge on any atom is -0.338 e. The SMILES string of the molecule is CCNCC1CCN(C(=O)c2ccc(-c3ccc(F)cc3)s2)CC1. The number of likely N-dealkylation sites (tertiary alicyclic amines) is 1. The Morgan fingerprint density at radius 2 is 1.92 bits per heavy atom. The maximum atomic E-state index is 13.0. The van der Waals surface area contributed by atoms with Crippen LogP contribution in [0.1, 0.15) is 29.4 Å². The Bertz CT molecular complexity index is 675. The highest BCUT2D eigenvalue weighted by Crippen LogP contribution is 2.29. The van der Waals surface area contributed by atoms with Gasteiger partial charge in [-0.25, -0.2) is 4.39 Å². The van der Waals surface area contributed by atoms with E-state index in [2.05, 4.69) is 12.2 Å². The predicted molar refractivity (Wildman–Crippen MR) is 96.9 cm³/mol. The Morgan fingerprint density at radius 1 is 1.21 bits per heavy atom. The molecule has 0 atom stereocenters. The first-order chi connectivity index (χ1) is 11.7. The van der Waals surface area contributed by atoms with Crippen molar-refractivity contribution in [2.24, 2.45) is 5.92 Å². The van der Waals surface area contributed by atoms with E-state index in [1.807, 2.05) is 17.0 Å². The van der Waals surface area contributed by atoms with E-state index >= 15 is 0 Å². The van der Waals surface area contributed by atoms with Gasteiger partial charge in [0.1, 0.15) is 5.82 Å². The average Bonchev–Trinajstić information content (AvgIpc) is 3.10. The van der Waals surface area contributed by atoms with E-state index in [0.29, 0.717) is 5.92 Å². The van der Waals surface area contributed by atoms with Crippen LogP contribution >= 0.6 is 11.3 Å². The Labute approximate surface area is 146 Å². The highest BCUT2D eigenvalue weighted by molar-refractivity contribution is 7.17. The molecule has 1 fully saturated rings. The van der Waals surface area contributed by atoms with E-state index in [0.717, 1.165) is 54.3 Å². The second-order valence-corrected chi connectivity index (χ2v) is 7.30. The lowest BCUT2D eigenvalue weighted by Gasteiger charge is -2.31. The summed E-state index contributed by atoms with van der Waals surface area (Å²) >= 11 is 1.48. The summed E-state index contributed by atoms with van der Waals surface area (Å²) in [4.78, 5) is 16.4. The van der Waals surface area contributed by atoms with Gasteiger partial charge in [0.15, 0.2) is 0 Å². The summed E-state index contributed by atoms with van der Waals surface area (Å²) in [6.45, 7) is 5.83. The van der Waals surface area contributed by atoms with Crippen LogP contribution in [0.5, 0.6) is 0 Å². The van der Waals surface area contributed by atoms with Gasteiger partial charge in [0, 0.05) is 18.0 Å². The molecule has 0 spiro atoms. The van der Waals surface area contributed by atoms with Crippen LogP contribution in [0.2, 0.25) is 0 Å². The van der Waals surface area contributed by atoms with Crippen molar-refractivity contribution in [1.29, 1.82) is 0 Å². The molecule has 0 bridgehead atoms. The molecule has 0 aliphatic carbocycles. The van der Waals surface area contributed by atoms with Gasteiger partial charge in [-0.05, 0) is 61.7 Å². The number of nitrogens with one attached hydrogen (secondary N) is 1. The fourth-order valence-corrected chi connectivity index (χ4v) is 4.05. The zero-order valence-electron chi connectivity index (χ0n) is 13.9. The van der Waals surface area contributed by atoms with Gasteiger partial charge in [0.2, 0.25) is 0 Å². The summed E-state index contributed by atoms with van der Waals surface area (Å²) in [7, 11) is 0. The molecule has 1 aliphatic heterocycles. The molecule has 5 heteroatoms. The molecule has 0 saturated carbocycles. The number of rotatable bonds is 5. The number of piperidine rings is 1. The minimum atomic E-state index is -0.243. The van der Waals surface area contributed by atoms with Crippen LogP contribution < -0.4 is 5.32 Å². The molecule has 0 unspecified atom stereocenters. The summed E-state index contributed by atoms with van der Waals surface area (Å²) in [6, 6.07) is 10.2. The third-order valence-corrected chi connectivity index (χ3v) is 5.65. The molecule has 1 aliphatic rings. The monoisotopic (exact) mass is 346 g/mol. The van der Waals surface area contributed by atoms with Gasteiger partial charge in [-0.3, -0.25) is 4.79 Å². The molecule has 24 heavy (non-hydrogen) atoms. The third-order valence-electron chi connectivity index (χ3n) is 4.53. The second kappa shape index (κ2) is 7.90. The highest BCUT2D eigenvalue weighted by atomic mass is 32.1. The molecule has 1 amide bonds. The number of amides is 1. The van der Waals surface area contributed by atoms with Crippen LogP contribution in [0.15, 0.2) is 36.4 Å². The smallest absolute Gasteiger partial charge is 0.263 e. The van der Waals surface area contributed by atoms with Crippen LogP contribution in [0.25, 0.3) is 10.4 Å². The zero-order chi connectivity index (χ0) is 16.9. The molecule has 128 valence electrons. The number of carbonyl (C=O) groups is 1. The molecule has 1 aromatic carbocycles. The van der Waals surface area contributed by atoms with E-state index in [-0.39, 0.29) is 11.7 Å². The van der Waals surface area contributed by atoms with Crippen molar-refractivity contribution in [3.8, 4) is 10.4 Å². The van der Waals surface area contributed by atoms with Crippen LogP contribution in [0.3, 0.4) is 0 Å². The lowest BCUT2D eigenvalue weighted by atomic mass is 9.96. The Kier molecular flexibility index (Phi) is 5.63. The number of thiophene rings is 1. The van der Waals surface area contributed by atoms with Gasteiger partial charge < -0.3 is 10.2 Å². The quantitative estimate of drug-likeness (QED) is 0.887. The van der Waals surface area contributed by atoms with Crippen molar-refractivity contribution in [3.05, 3.63) is 47.1 Å². The first-order valence-corrected chi connectivity index (χ1v) is 9.34. The fourth-order valence-electron chi connectivity index (χ4n) is 3.07. The van der Waals surface area contributed by atoms with Gasteiger partial charge in [-0.2, -0.15) is 0 Å². The third kappa shape index (κ3) is 4.02. The van der Waals surface area contributed by atoms with Gasteiger partial charge in [-0.1, -0.05) is 19.1 Å². The number of hydrogen-bond acceptors (Lipinski definition) is 3. The van der Waals surface area contributed by atoms with Crippen LogP contribution in [-0.2, 0) is 0 Å². The van der Waals surface area contributed by atoms with E-state index in [1.165, 1.54) is 23.5 Å². The fraction of sp³-hybridized carbons (Fsp3) is 0.421. The molecule has 1 aromatic heterocycles. The highest BCUT2D eigenvalue weighted by Gasteiger charge is 2.24. The van der Waals surface area contributed by atoms with Gasteiger partial charge in [0.05, 0.1) is 4.88 Å². The van der Waals surface area contributed by atoms with E-state index in [4.69, 9.17) is 0 Å². The van der Waals surface area contributed by atoms with E-state index in [1.54, 1.807) is 12.1 Å². The van der Waals surface area contributed by atoms with Gasteiger partial charge >= 0.3 is 0 Å². The predicted octanol–water partition coefficient (Wildman–Crippen LogP) is 4.02. The van der Waals surface area contributed by atoms with Crippen molar-refractivity contribution < 1.29 is 9.18 Å². The van der Waals surface area contributed by atoms with Crippen molar-refractivity contribution in [2.45, 2.75) is 19.8 Å². The number of hydrogen-bond donors (Lipinski definition) is 1. The first kappa shape index (κ1) is 17.1. The normalized spacial score (nSPS) is 15.7. The number of nitrogens with zero attached hydrogens (tertiary/aromatic N) is 1. The van der Waals surface area contributed by atoms with Gasteiger partial charge in [-0.15, -0.1) is 11.3 Å². The molecule has 3 nitrogen and oxygen atoms in total. The second-order valence-electron chi connectivity index (χ2n) is 6.21. The summed E-state index contributed by atoms with van der Waals surface area (Å²) < 4.78 is 13.0. The van der Waals surface area contributed by atoms with Crippen molar-refractivity contribution in [2.75, 3.05) is 26.2 Å². The lowest BCUT2D eigenvalue weighted by molar-refractivity contribution is 0.0695. The maximum Gasteiger partial charge on any atom is 0.263 e. The number of halogens is 1. The largest absolute Gasteiger partial charge is 0.338 e. The molecular weight excluding hydrogens is 323 g/mol. The van der Waals surface area contributed by atoms with Crippen molar-refractivity contribution in [1.82, 2.24) is 10.2 Å². The van der Waals surface area contributed by atoms with Crippen molar-refractivity contribution in [3.63, 3.8) is 0 Å². The number of carbonyl (C=O) groups excluding carboxylic acids is 1. The van der Waals surface area contributed by atoms with Gasteiger partial charge in [0.25, 0.3) is 5.91 Å². The Morgan fingerprint density at radius 3 is 2.58 bits per heavy atom. The Hall–Kier alpha value is -1.72. The summed E-state index contributed by atoms with van der Waals surface area (Å²) in [5.74, 6) is 0.550. The zero-order valence-corrected chi connectivity index (χ0v) is 14.7. The van der Waals surface area contributed by atoms with Crippen LogP contribution in [0.4, 0.5) is 4.39 Å². The molecule has 3 rings (SSSR count). The molecular formula is C19H23FN2OS. The van der Waals surface area contributed by atoms with Crippen LogP contribution in [-0.4, -0.2) is 37.0 Å². The summed E-state index contributed by atoms with van der Waals surface area (Å²) in [6.07, 6.45) is 2.13. The molecule has 0 radical (unpaired) electrons. The topological polar surface area (TPSA) is 32.3 Å².